The second-order valence-electron chi connectivity index (χ2n) is 11.5. The van der Waals surface area contributed by atoms with Gasteiger partial charge in [-0.25, -0.2) is 13.8 Å². The number of rotatable bonds is 8. The maximum Gasteiger partial charge on any atom is 0.246 e. The minimum atomic E-state index is -0.782. The largest absolute Gasteiger partial charge is 0.490 e. The molecule has 1 amide bonds. The first-order valence-corrected chi connectivity index (χ1v) is 16.0. The summed E-state index contributed by atoms with van der Waals surface area (Å²) in [5.41, 5.74) is 5.69. The van der Waals surface area contributed by atoms with Crippen molar-refractivity contribution in [2.45, 2.75) is 26.4 Å². The number of methoxy groups -OCH3 is 1. The van der Waals surface area contributed by atoms with E-state index in [9.17, 15) is 9.18 Å². The lowest BCUT2D eigenvalue weighted by atomic mass is 9.96. The molecule has 9 nitrogen and oxygen atoms in total. The van der Waals surface area contributed by atoms with Gasteiger partial charge in [0.25, 0.3) is 0 Å². The second-order valence-corrected chi connectivity index (χ2v) is 12.4. The maximum atomic E-state index is 16.1. The molecule has 240 valence electrons. The molecule has 0 aliphatic carbocycles. The molecule has 6 aromatic rings. The first kappa shape index (κ1) is 30.7. The summed E-state index contributed by atoms with van der Waals surface area (Å²) in [5.74, 6) is -1.67. The third-order valence-electron chi connectivity index (χ3n) is 8.69. The second kappa shape index (κ2) is 12.0. The Kier molecular flexibility index (Phi) is 7.85. The highest BCUT2D eigenvalue weighted by atomic mass is 32.1. The molecule has 2 aromatic carbocycles. The Morgan fingerprint density at radius 1 is 1.06 bits per heavy atom. The molecule has 0 unspecified atom stereocenters. The SMILES string of the molecule is C=CC(=O)N1CCn2nc(-c3nc(-c4ccc5c(c4)c(C)nn5C)c4ccsc4c3-c3c(F)cc(F)cc3OCCOC)cc2[C@H]1C. The fourth-order valence-electron chi connectivity index (χ4n) is 6.43. The Bertz CT molecular complexity index is 2200. The topological polar surface area (TPSA) is 87.3 Å². The van der Waals surface area contributed by atoms with Gasteiger partial charge in [-0.15, -0.1) is 11.3 Å². The predicted octanol–water partition coefficient (Wildman–Crippen LogP) is 7.08. The van der Waals surface area contributed by atoms with Crippen LogP contribution in [0.4, 0.5) is 8.78 Å². The van der Waals surface area contributed by atoms with Crippen LogP contribution in [-0.4, -0.2) is 62.2 Å². The van der Waals surface area contributed by atoms with Crippen LogP contribution in [0, 0.1) is 18.6 Å². The number of amides is 1. The predicted molar refractivity (Wildman–Crippen MR) is 178 cm³/mol. The van der Waals surface area contributed by atoms with Crippen LogP contribution in [0.2, 0.25) is 0 Å². The molecule has 47 heavy (non-hydrogen) atoms. The lowest BCUT2D eigenvalue weighted by molar-refractivity contribution is -0.129. The monoisotopic (exact) mass is 654 g/mol. The van der Waals surface area contributed by atoms with E-state index in [0.717, 1.165) is 44.0 Å². The molecule has 4 aromatic heterocycles. The summed E-state index contributed by atoms with van der Waals surface area (Å²) in [6.07, 6.45) is 1.31. The number of aromatic nitrogens is 5. The van der Waals surface area contributed by atoms with E-state index in [1.165, 1.54) is 30.6 Å². The number of thiophene rings is 1. The standard InChI is InChI=1S/C35H32F2N6O3S/c1-6-30(44)42-10-11-43-28(20(42)3)18-26(40-43)34-32(31-25(37)16-22(36)17-29(31)46-13-12-45-5)35-23(9-14-47-35)33(38-34)21-7-8-27-24(15-21)19(2)39-41(27)4/h6-9,14-18,20H,1,10-13H2,2-5H3/t20-/m1/s1. The van der Waals surface area contributed by atoms with E-state index in [2.05, 4.69) is 17.7 Å². The molecule has 0 saturated heterocycles. The fourth-order valence-corrected chi connectivity index (χ4v) is 7.38. The Hall–Kier alpha value is -4.94. The van der Waals surface area contributed by atoms with Gasteiger partial charge in [0.05, 0.1) is 47.4 Å². The van der Waals surface area contributed by atoms with Gasteiger partial charge in [0, 0.05) is 59.4 Å². The number of pyridine rings is 1. The minimum Gasteiger partial charge on any atom is -0.490 e. The molecule has 0 spiro atoms. The van der Waals surface area contributed by atoms with Gasteiger partial charge in [0.15, 0.2) is 0 Å². The summed E-state index contributed by atoms with van der Waals surface area (Å²) in [6.45, 7) is 8.81. The Balaban J connectivity index is 1.51. The number of hydrogen-bond acceptors (Lipinski definition) is 7. The lowest BCUT2D eigenvalue weighted by Crippen LogP contribution is -2.40. The molecule has 12 heteroatoms. The van der Waals surface area contributed by atoms with Crippen LogP contribution in [0.3, 0.4) is 0 Å². The Labute approximate surface area is 273 Å². The van der Waals surface area contributed by atoms with Crippen LogP contribution in [0.5, 0.6) is 5.75 Å². The summed E-state index contributed by atoms with van der Waals surface area (Å²) in [4.78, 5) is 19.6. The average molecular weight is 655 g/mol. The van der Waals surface area contributed by atoms with E-state index in [1.807, 2.05) is 59.9 Å². The van der Waals surface area contributed by atoms with Crippen LogP contribution in [-0.2, 0) is 23.1 Å². The van der Waals surface area contributed by atoms with Crippen molar-refractivity contribution in [2.24, 2.45) is 7.05 Å². The third kappa shape index (κ3) is 5.17. The summed E-state index contributed by atoms with van der Waals surface area (Å²) in [5, 5.41) is 13.3. The number of carbonyl (C=O) groups excluding carboxylic acids is 1. The first-order chi connectivity index (χ1) is 22.7. The Morgan fingerprint density at radius 3 is 2.68 bits per heavy atom. The molecular formula is C35H32F2N6O3S. The van der Waals surface area contributed by atoms with Crippen molar-refractivity contribution < 1.29 is 23.0 Å². The zero-order chi connectivity index (χ0) is 33.0. The van der Waals surface area contributed by atoms with Crippen LogP contribution in [0.25, 0.3) is 54.8 Å². The van der Waals surface area contributed by atoms with E-state index in [4.69, 9.17) is 19.6 Å². The number of nitrogens with zero attached hydrogens (tertiary/aromatic N) is 6. The number of benzene rings is 2. The van der Waals surface area contributed by atoms with Gasteiger partial charge in [-0.3, -0.25) is 14.2 Å². The van der Waals surface area contributed by atoms with E-state index >= 15 is 4.39 Å². The van der Waals surface area contributed by atoms with E-state index in [-0.39, 0.29) is 36.5 Å². The maximum absolute atomic E-state index is 16.1. The quantitative estimate of drug-likeness (QED) is 0.129. The number of halogens is 2. The van der Waals surface area contributed by atoms with Gasteiger partial charge in [0.1, 0.15) is 35.4 Å². The molecule has 5 heterocycles. The molecule has 0 bridgehead atoms. The molecule has 0 N–H and O–H groups in total. The van der Waals surface area contributed by atoms with Gasteiger partial charge in [0.2, 0.25) is 5.91 Å². The van der Waals surface area contributed by atoms with Crippen molar-refractivity contribution in [3.05, 3.63) is 83.5 Å². The van der Waals surface area contributed by atoms with Crippen molar-refractivity contribution in [2.75, 3.05) is 26.9 Å². The van der Waals surface area contributed by atoms with Crippen LogP contribution in [0.1, 0.15) is 24.4 Å². The highest BCUT2D eigenvalue weighted by molar-refractivity contribution is 7.18. The average Bonchev–Trinajstić information content (AvgIpc) is 3.78. The molecule has 0 fully saturated rings. The Morgan fingerprint density at radius 2 is 1.89 bits per heavy atom. The smallest absolute Gasteiger partial charge is 0.246 e. The van der Waals surface area contributed by atoms with E-state index < -0.39 is 11.6 Å². The van der Waals surface area contributed by atoms with Gasteiger partial charge in [-0.1, -0.05) is 12.6 Å². The first-order valence-electron chi connectivity index (χ1n) is 15.2. The number of ether oxygens (including phenoxy) is 2. The number of aryl methyl sites for hydroxylation is 2. The summed E-state index contributed by atoms with van der Waals surface area (Å²) in [7, 11) is 3.44. The van der Waals surface area contributed by atoms with Crippen molar-refractivity contribution in [1.29, 1.82) is 0 Å². The molecule has 0 radical (unpaired) electrons. The van der Waals surface area contributed by atoms with Crippen molar-refractivity contribution in [3.63, 3.8) is 0 Å². The minimum absolute atomic E-state index is 0.0394. The van der Waals surface area contributed by atoms with E-state index in [1.54, 1.807) is 4.90 Å². The highest BCUT2D eigenvalue weighted by Gasteiger charge is 2.31. The van der Waals surface area contributed by atoms with Crippen molar-refractivity contribution in [3.8, 4) is 39.5 Å². The van der Waals surface area contributed by atoms with Crippen molar-refractivity contribution >= 4 is 38.2 Å². The van der Waals surface area contributed by atoms with Crippen LogP contribution in [0.15, 0.2) is 60.5 Å². The molecule has 1 atom stereocenters. The van der Waals surface area contributed by atoms with Crippen LogP contribution >= 0.6 is 11.3 Å². The third-order valence-corrected chi connectivity index (χ3v) is 9.62. The number of fused-ring (bicyclic) bond motifs is 3. The van der Waals surface area contributed by atoms with Gasteiger partial charge in [-0.05, 0) is 49.6 Å². The van der Waals surface area contributed by atoms with Crippen LogP contribution < -0.4 is 4.74 Å². The number of hydrogen-bond donors (Lipinski definition) is 0. The summed E-state index contributed by atoms with van der Waals surface area (Å²) in [6, 6.07) is 11.7. The number of carbonyl (C=O) groups is 1. The van der Waals surface area contributed by atoms with E-state index in [0.29, 0.717) is 35.7 Å². The molecule has 1 aliphatic rings. The fraction of sp³-hybridized carbons (Fsp3) is 0.257. The lowest BCUT2D eigenvalue weighted by Gasteiger charge is -2.33. The zero-order valence-corrected chi connectivity index (χ0v) is 27.2. The van der Waals surface area contributed by atoms with Crippen molar-refractivity contribution in [1.82, 2.24) is 29.4 Å². The summed E-state index contributed by atoms with van der Waals surface area (Å²) < 4.78 is 46.3. The molecule has 1 aliphatic heterocycles. The molecule has 7 rings (SSSR count). The zero-order valence-electron chi connectivity index (χ0n) is 26.4. The summed E-state index contributed by atoms with van der Waals surface area (Å²) >= 11 is 1.43. The molecule has 0 saturated carbocycles. The van der Waals surface area contributed by atoms with Gasteiger partial charge >= 0.3 is 0 Å². The van der Waals surface area contributed by atoms with Gasteiger partial charge < -0.3 is 14.4 Å². The highest BCUT2D eigenvalue weighted by Crippen LogP contribution is 2.47. The van der Waals surface area contributed by atoms with Gasteiger partial charge in [-0.2, -0.15) is 10.2 Å². The molecular weight excluding hydrogens is 622 g/mol. The normalized spacial score (nSPS) is 14.6.